The molecule has 0 spiro atoms. The number of thiazole rings is 1. The minimum absolute atomic E-state index is 0.207. The Labute approximate surface area is 139 Å². The van der Waals surface area contributed by atoms with Crippen molar-refractivity contribution in [1.82, 2.24) is 14.8 Å². The second-order valence-corrected chi connectivity index (χ2v) is 7.71. The van der Waals surface area contributed by atoms with Crippen molar-refractivity contribution in [3.63, 3.8) is 0 Å². The summed E-state index contributed by atoms with van der Waals surface area (Å²) in [6.45, 7) is 9.28. The highest BCUT2D eigenvalue weighted by molar-refractivity contribution is 7.09. The summed E-state index contributed by atoms with van der Waals surface area (Å²) in [7, 11) is 2.21. The molecule has 0 unspecified atom stereocenters. The number of hydrogen-bond acceptors (Lipinski definition) is 5. The van der Waals surface area contributed by atoms with E-state index in [1.165, 1.54) is 30.0 Å². The van der Waals surface area contributed by atoms with Gasteiger partial charge in [0.1, 0.15) is 0 Å². The van der Waals surface area contributed by atoms with Crippen molar-refractivity contribution in [3.05, 3.63) is 16.1 Å². The fourth-order valence-electron chi connectivity index (χ4n) is 3.26. The third kappa shape index (κ3) is 5.95. The molecule has 1 aliphatic heterocycles. The normalized spacial score (nSPS) is 19.0. The minimum Gasteiger partial charge on any atom is -0.392 e. The molecule has 22 heavy (non-hydrogen) atoms. The zero-order valence-electron chi connectivity index (χ0n) is 14.3. The van der Waals surface area contributed by atoms with Gasteiger partial charge in [0, 0.05) is 25.0 Å². The van der Waals surface area contributed by atoms with E-state index in [-0.39, 0.29) is 6.10 Å². The van der Waals surface area contributed by atoms with Gasteiger partial charge >= 0.3 is 0 Å². The van der Waals surface area contributed by atoms with Gasteiger partial charge in [0.2, 0.25) is 0 Å². The van der Waals surface area contributed by atoms with E-state index in [0.29, 0.717) is 0 Å². The van der Waals surface area contributed by atoms with Gasteiger partial charge in [-0.3, -0.25) is 0 Å². The van der Waals surface area contributed by atoms with Gasteiger partial charge in [0.15, 0.2) is 0 Å². The number of rotatable bonds is 8. The van der Waals surface area contributed by atoms with Crippen LogP contribution in [0.5, 0.6) is 0 Å². The Morgan fingerprint density at radius 2 is 2.18 bits per heavy atom. The van der Waals surface area contributed by atoms with Crippen LogP contribution in [0.3, 0.4) is 0 Å². The second kappa shape index (κ2) is 8.96. The number of aromatic nitrogens is 1. The highest BCUT2D eigenvalue weighted by Gasteiger charge is 2.21. The molecular weight excluding hydrogens is 294 g/mol. The van der Waals surface area contributed by atoms with E-state index in [2.05, 4.69) is 29.2 Å². The van der Waals surface area contributed by atoms with Crippen LogP contribution in [0.15, 0.2) is 5.38 Å². The second-order valence-electron chi connectivity index (χ2n) is 6.77. The maximum absolute atomic E-state index is 9.46. The molecule has 0 radical (unpaired) electrons. The maximum atomic E-state index is 9.46. The number of aryl methyl sites for hydroxylation is 1. The SMILES string of the molecule is CCCc1nc(CN(C)CC2CCN(C[C@@H](C)O)CC2)cs1. The summed E-state index contributed by atoms with van der Waals surface area (Å²) < 4.78 is 0. The first kappa shape index (κ1) is 17.9. The number of aliphatic hydroxyl groups excluding tert-OH is 1. The number of hydrogen-bond donors (Lipinski definition) is 1. The average Bonchev–Trinajstić information content (AvgIpc) is 2.88. The highest BCUT2D eigenvalue weighted by atomic mass is 32.1. The Kier molecular flexibility index (Phi) is 7.28. The zero-order valence-corrected chi connectivity index (χ0v) is 15.1. The molecule has 0 amide bonds. The molecule has 2 rings (SSSR count). The molecule has 4 nitrogen and oxygen atoms in total. The molecule has 2 heterocycles. The molecule has 1 aromatic heterocycles. The smallest absolute Gasteiger partial charge is 0.0928 e. The molecule has 1 aromatic rings. The zero-order chi connectivity index (χ0) is 15.9. The van der Waals surface area contributed by atoms with Crippen LogP contribution >= 0.6 is 11.3 Å². The van der Waals surface area contributed by atoms with Gasteiger partial charge in [0.25, 0.3) is 0 Å². The number of β-amino-alcohol motifs (C(OH)–C–C–N with tert-alkyl or cyclic N) is 1. The lowest BCUT2D eigenvalue weighted by molar-refractivity contribution is 0.0918. The average molecular weight is 326 g/mol. The monoisotopic (exact) mass is 325 g/mol. The lowest BCUT2D eigenvalue weighted by atomic mass is 9.96. The van der Waals surface area contributed by atoms with Crippen LogP contribution in [0.4, 0.5) is 0 Å². The van der Waals surface area contributed by atoms with Gasteiger partial charge in [-0.25, -0.2) is 4.98 Å². The predicted molar refractivity (Wildman–Crippen MR) is 93.3 cm³/mol. The summed E-state index contributed by atoms with van der Waals surface area (Å²) in [6.07, 6.45) is 4.56. The van der Waals surface area contributed by atoms with Crippen molar-refractivity contribution in [2.24, 2.45) is 5.92 Å². The van der Waals surface area contributed by atoms with Crippen LogP contribution in [0.2, 0.25) is 0 Å². The summed E-state index contributed by atoms with van der Waals surface area (Å²) in [4.78, 5) is 9.52. The van der Waals surface area contributed by atoms with Gasteiger partial charge in [-0.15, -0.1) is 11.3 Å². The van der Waals surface area contributed by atoms with Gasteiger partial charge in [0.05, 0.1) is 16.8 Å². The third-order valence-corrected chi connectivity index (χ3v) is 5.25. The predicted octanol–water partition coefficient (Wildman–Crippen LogP) is 2.62. The van der Waals surface area contributed by atoms with Gasteiger partial charge in [-0.2, -0.15) is 0 Å². The van der Waals surface area contributed by atoms with Crippen LogP contribution in [0.1, 0.15) is 43.8 Å². The summed E-state index contributed by atoms with van der Waals surface area (Å²) >= 11 is 1.80. The van der Waals surface area contributed by atoms with Crippen LogP contribution in [-0.2, 0) is 13.0 Å². The molecule has 1 fully saturated rings. The Balaban J connectivity index is 1.70. The first-order chi connectivity index (χ1) is 10.6. The van der Waals surface area contributed by atoms with Crippen molar-refractivity contribution in [3.8, 4) is 0 Å². The van der Waals surface area contributed by atoms with Gasteiger partial charge in [-0.05, 0) is 58.7 Å². The summed E-state index contributed by atoms with van der Waals surface area (Å²) in [5.74, 6) is 0.781. The van der Waals surface area contributed by atoms with Crippen LogP contribution < -0.4 is 0 Å². The molecule has 5 heteroatoms. The van der Waals surface area contributed by atoms with E-state index in [0.717, 1.165) is 45.1 Å². The van der Waals surface area contributed by atoms with E-state index in [1.54, 1.807) is 11.3 Å². The van der Waals surface area contributed by atoms with Crippen LogP contribution in [0.25, 0.3) is 0 Å². The Hall–Kier alpha value is -0.490. The molecule has 126 valence electrons. The van der Waals surface area contributed by atoms with Crippen LogP contribution in [0, 0.1) is 5.92 Å². The molecule has 1 N–H and O–H groups in total. The molecule has 0 aromatic carbocycles. The van der Waals surface area contributed by atoms with Crippen molar-refractivity contribution in [1.29, 1.82) is 0 Å². The maximum Gasteiger partial charge on any atom is 0.0928 e. The fraction of sp³-hybridized carbons (Fsp3) is 0.824. The number of nitrogens with zero attached hydrogens (tertiary/aromatic N) is 3. The molecule has 1 atom stereocenters. The van der Waals surface area contributed by atoms with Gasteiger partial charge < -0.3 is 14.9 Å². The molecular formula is C17H31N3OS. The third-order valence-electron chi connectivity index (χ3n) is 4.29. The van der Waals surface area contributed by atoms with E-state index in [4.69, 9.17) is 4.98 Å². The molecule has 0 aliphatic carbocycles. The quantitative estimate of drug-likeness (QED) is 0.797. The molecule has 0 saturated carbocycles. The number of aliphatic hydroxyl groups is 1. The van der Waals surface area contributed by atoms with E-state index < -0.39 is 0 Å². The summed E-state index contributed by atoms with van der Waals surface area (Å²) in [6, 6.07) is 0. The molecule has 1 saturated heterocycles. The van der Waals surface area contributed by atoms with E-state index in [9.17, 15) is 5.11 Å². The number of likely N-dealkylation sites (tertiary alicyclic amines) is 1. The Bertz CT molecular complexity index is 427. The summed E-state index contributed by atoms with van der Waals surface area (Å²) in [5.41, 5.74) is 1.22. The van der Waals surface area contributed by atoms with Crippen molar-refractivity contribution >= 4 is 11.3 Å². The van der Waals surface area contributed by atoms with E-state index in [1.807, 2.05) is 6.92 Å². The largest absolute Gasteiger partial charge is 0.392 e. The first-order valence-electron chi connectivity index (χ1n) is 8.59. The van der Waals surface area contributed by atoms with Crippen LogP contribution in [-0.4, -0.2) is 59.2 Å². The summed E-state index contributed by atoms with van der Waals surface area (Å²) in [5, 5.41) is 13.0. The molecule has 1 aliphatic rings. The number of piperidine rings is 1. The lowest BCUT2D eigenvalue weighted by Gasteiger charge is -2.34. The van der Waals surface area contributed by atoms with Crippen molar-refractivity contribution < 1.29 is 5.11 Å². The van der Waals surface area contributed by atoms with Crippen molar-refractivity contribution in [2.75, 3.05) is 33.2 Å². The Morgan fingerprint density at radius 1 is 1.45 bits per heavy atom. The van der Waals surface area contributed by atoms with Gasteiger partial charge in [-0.1, -0.05) is 6.92 Å². The highest BCUT2D eigenvalue weighted by Crippen LogP contribution is 2.19. The standard InChI is InChI=1S/C17H31N3OS/c1-4-5-17-18-16(13-22-17)12-19(3)11-15-6-8-20(9-7-15)10-14(2)21/h13-15,21H,4-12H2,1-3H3/t14-/m1/s1. The lowest BCUT2D eigenvalue weighted by Crippen LogP contribution is -2.40. The molecule has 0 bridgehead atoms. The Morgan fingerprint density at radius 3 is 2.82 bits per heavy atom. The topological polar surface area (TPSA) is 39.6 Å². The van der Waals surface area contributed by atoms with Crippen molar-refractivity contribution in [2.45, 2.75) is 52.2 Å². The fourth-order valence-corrected chi connectivity index (χ4v) is 4.15. The van der Waals surface area contributed by atoms with E-state index >= 15 is 0 Å². The first-order valence-corrected chi connectivity index (χ1v) is 9.47. The minimum atomic E-state index is -0.207.